The first-order valence-corrected chi connectivity index (χ1v) is 5.97. The van der Waals surface area contributed by atoms with Crippen LogP contribution in [0.25, 0.3) is 0 Å². The minimum Gasteiger partial charge on any atom is -0.341 e. The van der Waals surface area contributed by atoms with Gasteiger partial charge in [-0.05, 0) is 26.7 Å². The fraction of sp³-hybridized carbons (Fsp3) is 0.636. The number of nitro groups is 1. The molecule has 1 aliphatic heterocycles. The van der Waals surface area contributed by atoms with E-state index in [1.807, 2.05) is 0 Å². The first-order chi connectivity index (χ1) is 8.50. The van der Waals surface area contributed by atoms with Crippen LogP contribution in [0.4, 0.5) is 5.69 Å². The highest BCUT2D eigenvalue weighted by Crippen LogP contribution is 2.22. The topological polar surface area (TPSA) is 81.3 Å². The number of hydrogen-bond donors (Lipinski definition) is 0. The van der Waals surface area contributed by atoms with Gasteiger partial charge < -0.3 is 4.90 Å². The number of rotatable bonds is 3. The molecule has 0 bridgehead atoms. The van der Waals surface area contributed by atoms with Crippen LogP contribution in [0.5, 0.6) is 0 Å². The summed E-state index contributed by atoms with van der Waals surface area (Å²) in [6, 6.07) is 0. The highest BCUT2D eigenvalue weighted by molar-refractivity contribution is 5.76. The molecule has 7 nitrogen and oxygen atoms in total. The number of aromatic nitrogens is 2. The van der Waals surface area contributed by atoms with Gasteiger partial charge in [0.25, 0.3) is 0 Å². The molecule has 2 rings (SSSR count). The number of carbonyl (C=O) groups is 1. The Hall–Kier alpha value is -1.92. The van der Waals surface area contributed by atoms with E-state index in [0.29, 0.717) is 11.4 Å². The van der Waals surface area contributed by atoms with Gasteiger partial charge in [-0.2, -0.15) is 5.10 Å². The third-order valence-corrected chi connectivity index (χ3v) is 3.27. The maximum absolute atomic E-state index is 12.0. The molecule has 98 valence electrons. The Morgan fingerprint density at radius 2 is 2.00 bits per heavy atom. The van der Waals surface area contributed by atoms with Gasteiger partial charge in [0, 0.05) is 13.1 Å². The van der Waals surface area contributed by atoms with E-state index in [2.05, 4.69) is 5.10 Å². The summed E-state index contributed by atoms with van der Waals surface area (Å²) in [7, 11) is 0. The molecule has 1 fully saturated rings. The molecule has 18 heavy (non-hydrogen) atoms. The highest BCUT2D eigenvalue weighted by Gasteiger charge is 2.24. The third-order valence-electron chi connectivity index (χ3n) is 3.27. The van der Waals surface area contributed by atoms with E-state index in [0.717, 1.165) is 25.9 Å². The normalized spacial score (nSPS) is 15.1. The van der Waals surface area contributed by atoms with Crippen molar-refractivity contribution in [3.05, 3.63) is 21.5 Å². The molecule has 0 atom stereocenters. The van der Waals surface area contributed by atoms with Crippen LogP contribution in [0.15, 0.2) is 0 Å². The second-order valence-electron chi connectivity index (χ2n) is 4.52. The quantitative estimate of drug-likeness (QED) is 0.594. The van der Waals surface area contributed by atoms with Gasteiger partial charge in [0.1, 0.15) is 17.9 Å². The largest absolute Gasteiger partial charge is 0.341 e. The SMILES string of the molecule is Cc1nn(CC(=O)N2CCCC2)c(C)c1[N+](=O)[O-]. The minimum atomic E-state index is -0.450. The van der Waals surface area contributed by atoms with Crippen molar-refractivity contribution < 1.29 is 9.72 Å². The first-order valence-electron chi connectivity index (χ1n) is 5.97. The average Bonchev–Trinajstić information content (AvgIpc) is 2.88. The maximum Gasteiger partial charge on any atom is 0.312 e. The van der Waals surface area contributed by atoms with Crippen molar-refractivity contribution in [2.24, 2.45) is 0 Å². The van der Waals surface area contributed by atoms with Crippen molar-refractivity contribution in [1.29, 1.82) is 0 Å². The summed E-state index contributed by atoms with van der Waals surface area (Å²) in [6.45, 7) is 4.85. The lowest BCUT2D eigenvalue weighted by Crippen LogP contribution is -2.31. The Kier molecular flexibility index (Phi) is 3.31. The molecule has 1 aromatic rings. The summed E-state index contributed by atoms with van der Waals surface area (Å²) in [6.07, 6.45) is 2.06. The monoisotopic (exact) mass is 252 g/mol. The molecular weight excluding hydrogens is 236 g/mol. The number of nitrogens with zero attached hydrogens (tertiary/aromatic N) is 4. The maximum atomic E-state index is 12.0. The third kappa shape index (κ3) is 2.20. The zero-order valence-corrected chi connectivity index (χ0v) is 10.5. The van der Waals surface area contributed by atoms with Crippen molar-refractivity contribution >= 4 is 11.6 Å². The van der Waals surface area contributed by atoms with Crippen molar-refractivity contribution in [1.82, 2.24) is 14.7 Å². The van der Waals surface area contributed by atoms with Crippen molar-refractivity contribution in [3.63, 3.8) is 0 Å². The fourth-order valence-electron chi connectivity index (χ4n) is 2.30. The molecule has 0 aromatic carbocycles. The fourth-order valence-corrected chi connectivity index (χ4v) is 2.30. The van der Waals surface area contributed by atoms with Crippen LogP contribution in [-0.2, 0) is 11.3 Å². The molecule has 7 heteroatoms. The van der Waals surface area contributed by atoms with Crippen molar-refractivity contribution in [3.8, 4) is 0 Å². The van der Waals surface area contributed by atoms with Gasteiger partial charge in [0.15, 0.2) is 0 Å². The van der Waals surface area contributed by atoms with Crippen molar-refractivity contribution in [2.75, 3.05) is 13.1 Å². The number of amides is 1. The number of hydrogen-bond acceptors (Lipinski definition) is 4. The molecule has 2 heterocycles. The lowest BCUT2D eigenvalue weighted by atomic mass is 10.3. The Morgan fingerprint density at radius 1 is 1.39 bits per heavy atom. The Labute approximate surface area is 105 Å². The lowest BCUT2D eigenvalue weighted by molar-refractivity contribution is -0.386. The van der Waals surface area contributed by atoms with Crippen LogP contribution in [0.1, 0.15) is 24.2 Å². The van der Waals surface area contributed by atoms with E-state index in [1.54, 1.807) is 18.7 Å². The van der Waals surface area contributed by atoms with E-state index in [9.17, 15) is 14.9 Å². The molecule has 0 aliphatic carbocycles. The Bertz CT molecular complexity index is 489. The van der Waals surface area contributed by atoms with Gasteiger partial charge >= 0.3 is 5.69 Å². The number of likely N-dealkylation sites (tertiary alicyclic amines) is 1. The van der Waals surface area contributed by atoms with E-state index in [4.69, 9.17) is 0 Å². The zero-order valence-electron chi connectivity index (χ0n) is 10.5. The molecule has 1 aromatic heterocycles. The van der Waals surface area contributed by atoms with E-state index >= 15 is 0 Å². The molecular formula is C11H16N4O3. The summed E-state index contributed by atoms with van der Waals surface area (Å²) in [5.74, 6) is -0.0204. The van der Waals surface area contributed by atoms with Crippen LogP contribution in [0.2, 0.25) is 0 Å². The summed E-state index contributed by atoms with van der Waals surface area (Å²) in [5.41, 5.74) is 0.793. The Morgan fingerprint density at radius 3 is 2.50 bits per heavy atom. The molecule has 1 saturated heterocycles. The first kappa shape index (κ1) is 12.5. The molecule has 0 saturated carbocycles. The van der Waals surface area contributed by atoms with Gasteiger partial charge in [-0.15, -0.1) is 0 Å². The van der Waals surface area contributed by atoms with Gasteiger partial charge in [-0.1, -0.05) is 0 Å². The van der Waals surface area contributed by atoms with Crippen LogP contribution in [0.3, 0.4) is 0 Å². The highest BCUT2D eigenvalue weighted by atomic mass is 16.6. The summed E-state index contributed by atoms with van der Waals surface area (Å²) >= 11 is 0. The average molecular weight is 252 g/mol. The second kappa shape index (κ2) is 4.75. The number of carbonyl (C=O) groups excluding carboxylic acids is 1. The van der Waals surface area contributed by atoms with Gasteiger partial charge in [0.05, 0.1) is 4.92 Å². The molecule has 1 aliphatic rings. The van der Waals surface area contributed by atoms with Gasteiger partial charge in [-0.3, -0.25) is 19.6 Å². The molecule has 0 spiro atoms. The summed E-state index contributed by atoms with van der Waals surface area (Å²) in [5, 5.41) is 14.9. The molecule has 0 unspecified atom stereocenters. The smallest absolute Gasteiger partial charge is 0.312 e. The zero-order chi connectivity index (χ0) is 13.3. The number of aryl methyl sites for hydroxylation is 1. The van der Waals surface area contributed by atoms with E-state index < -0.39 is 4.92 Å². The molecule has 1 amide bonds. The van der Waals surface area contributed by atoms with Crippen LogP contribution in [0, 0.1) is 24.0 Å². The second-order valence-corrected chi connectivity index (χ2v) is 4.52. The predicted octanol–water partition coefficient (Wildman–Crippen LogP) is 1.03. The standard InChI is InChI=1S/C11H16N4O3/c1-8-11(15(17)18)9(2)14(12-8)7-10(16)13-5-3-4-6-13/h3-7H2,1-2H3. The predicted molar refractivity (Wildman–Crippen MR) is 64.2 cm³/mol. The van der Waals surface area contributed by atoms with Gasteiger partial charge in [-0.25, -0.2) is 0 Å². The van der Waals surface area contributed by atoms with Gasteiger partial charge in [0.2, 0.25) is 5.91 Å². The minimum absolute atomic E-state index is 0.00391. The van der Waals surface area contributed by atoms with Crippen molar-refractivity contribution in [2.45, 2.75) is 33.2 Å². The van der Waals surface area contributed by atoms with Crippen LogP contribution < -0.4 is 0 Å². The van der Waals surface area contributed by atoms with Crippen LogP contribution >= 0.6 is 0 Å². The summed E-state index contributed by atoms with van der Waals surface area (Å²) < 4.78 is 1.42. The molecule has 0 N–H and O–H groups in total. The van der Waals surface area contributed by atoms with E-state index in [-0.39, 0.29) is 18.1 Å². The molecule has 0 radical (unpaired) electrons. The lowest BCUT2D eigenvalue weighted by Gasteiger charge is -2.15. The van der Waals surface area contributed by atoms with E-state index in [1.165, 1.54) is 4.68 Å². The summed E-state index contributed by atoms with van der Waals surface area (Å²) in [4.78, 5) is 24.1. The Balaban J connectivity index is 2.17. The van der Waals surface area contributed by atoms with Crippen LogP contribution in [-0.4, -0.2) is 38.6 Å².